The molecular formula is C9H17NO3. The SMILES string of the molecule is CCC(C(=O)OC)N(CC)C(C)=O. The first-order valence-electron chi connectivity index (χ1n) is 4.43. The van der Waals surface area contributed by atoms with E-state index in [1.54, 1.807) is 0 Å². The van der Waals surface area contributed by atoms with E-state index in [1.807, 2.05) is 13.8 Å². The molecule has 0 aromatic carbocycles. The number of rotatable bonds is 4. The fraction of sp³-hybridized carbons (Fsp3) is 0.778. The van der Waals surface area contributed by atoms with Gasteiger partial charge in [-0.05, 0) is 13.3 Å². The van der Waals surface area contributed by atoms with E-state index >= 15 is 0 Å². The third-order valence-corrected chi connectivity index (χ3v) is 1.98. The number of hydrogen-bond acceptors (Lipinski definition) is 3. The van der Waals surface area contributed by atoms with Crippen LogP contribution in [-0.4, -0.2) is 36.5 Å². The summed E-state index contributed by atoms with van der Waals surface area (Å²) in [5.41, 5.74) is 0. The Kier molecular flexibility index (Phi) is 5.11. The molecule has 0 aliphatic carbocycles. The number of esters is 1. The molecule has 0 spiro atoms. The summed E-state index contributed by atoms with van der Waals surface area (Å²) in [5, 5.41) is 0. The highest BCUT2D eigenvalue weighted by molar-refractivity contribution is 5.83. The molecule has 0 heterocycles. The fourth-order valence-electron chi connectivity index (χ4n) is 1.31. The van der Waals surface area contributed by atoms with Crippen molar-refractivity contribution in [2.45, 2.75) is 33.2 Å². The van der Waals surface area contributed by atoms with Gasteiger partial charge in [-0.2, -0.15) is 0 Å². The van der Waals surface area contributed by atoms with Gasteiger partial charge in [0.15, 0.2) is 0 Å². The average Bonchev–Trinajstić information content (AvgIpc) is 2.12. The summed E-state index contributed by atoms with van der Waals surface area (Å²) >= 11 is 0. The molecule has 4 heteroatoms. The summed E-state index contributed by atoms with van der Waals surface area (Å²) in [6.07, 6.45) is 0.583. The zero-order valence-corrected chi connectivity index (χ0v) is 8.66. The summed E-state index contributed by atoms with van der Waals surface area (Å²) < 4.78 is 4.60. The van der Waals surface area contributed by atoms with Crippen molar-refractivity contribution in [2.24, 2.45) is 0 Å². The Morgan fingerprint density at radius 2 is 1.92 bits per heavy atom. The third kappa shape index (κ3) is 3.05. The van der Waals surface area contributed by atoms with Gasteiger partial charge in [0.1, 0.15) is 6.04 Å². The molecule has 0 rings (SSSR count). The predicted molar refractivity (Wildman–Crippen MR) is 49.2 cm³/mol. The highest BCUT2D eigenvalue weighted by atomic mass is 16.5. The zero-order valence-electron chi connectivity index (χ0n) is 8.66. The minimum absolute atomic E-state index is 0.0975. The monoisotopic (exact) mass is 187 g/mol. The van der Waals surface area contributed by atoms with Gasteiger partial charge in [-0.15, -0.1) is 0 Å². The molecule has 0 fully saturated rings. The number of likely N-dealkylation sites (N-methyl/N-ethyl adjacent to an activating group) is 1. The average molecular weight is 187 g/mol. The van der Waals surface area contributed by atoms with Crippen LogP contribution in [0.5, 0.6) is 0 Å². The van der Waals surface area contributed by atoms with Crippen LogP contribution >= 0.6 is 0 Å². The molecule has 0 bridgehead atoms. The third-order valence-electron chi connectivity index (χ3n) is 1.98. The lowest BCUT2D eigenvalue weighted by Gasteiger charge is -2.26. The molecule has 1 atom stereocenters. The van der Waals surface area contributed by atoms with Gasteiger partial charge in [-0.3, -0.25) is 4.79 Å². The summed E-state index contributed by atoms with van der Waals surface area (Å²) in [4.78, 5) is 23.9. The van der Waals surface area contributed by atoms with Crippen molar-refractivity contribution in [1.82, 2.24) is 4.90 Å². The highest BCUT2D eigenvalue weighted by Gasteiger charge is 2.25. The summed E-state index contributed by atoms with van der Waals surface area (Å²) in [6.45, 7) is 5.68. The van der Waals surface area contributed by atoms with Crippen LogP contribution in [0.25, 0.3) is 0 Å². The minimum atomic E-state index is -0.438. The van der Waals surface area contributed by atoms with Crippen molar-refractivity contribution >= 4 is 11.9 Å². The Bertz CT molecular complexity index is 191. The maximum Gasteiger partial charge on any atom is 0.328 e. The van der Waals surface area contributed by atoms with Crippen LogP contribution in [0.1, 0.15) is 27.2 Å². The topological polar surface area (TPSA) is 46.6 Å². The van der Waals surface area contributed by atoms with Crippen LogP contribution < -0.4 is 0 Å². The first kappa shape index (κ1) is 11.9. The summed E-state index contributed by atoms with van der Waals surface area (Å²) in [7, 11) is 1.33. The molecule has 1 unspecified atom stereocenters. The minimum Gasteiger partial charge on any atom is -0.467 e. The molecule has 76 valence electrons. The van der Waals surface area contributed by atoms with Crippen molar-refractivity contribution in [3.63, 3.8) is 0 Å². The van der Waals surface area contributed by atoms with Crippen LogP contribution in [0.4, 0.5) is 0 Å². The van der Waals surface area contributed by atoms with Gasteiger partial charge < -0.3 is 9.64 Å². The number of carbonyl (C=O) groups is 2. The van der Waals surface area contributed by atoms with Crippen LogP contribution in [0.2, 0.25) is 0 Å². The lowest BCUT2D eigenvalue weighted by atomic mass is 10.2. The van der Waals surface area contributed by atoms with Gasteiger partial charge in [-0.25, -0.2) is 4.79 Å². The maximum absolute atomic E-state index is 11.2. The molecule has 1 amide bonds. The van der Waals surface area contributed by atoms with Crippen molar-refractivity contribution in [2.75, 3.05) is 13.7 Å². The van der Waals surface area contributed by atoms with Crippen molar-refractivity contribution < 1.29 is 14.3 Å². The quantitative estimate of drug-likeness (QED) is 0.612. The smallest absolute Gasteiger partial charge is 0.328 e. The van der Waals surface area contributed by atoms with Crippen LogP contribution in [0.3, 0.4) is 0 Å². The van der Waals surface area contributed by atoms with Gasteiger partial charge in [0, 0.05) is 13.5 Å². The van der Waals surface area contributed by atoms with Gasteiger partial charge in [0.2, 0.25) is 5.91 Å². The van der Waals surface area contributed by atoms with Crippen LogP contribution in [-0.2, 0) is 14.3 Å². The molecule has 13 heavy (non-hydrogen) atoms. The van der Waals surface area contributed by atoms with Crippen molar-refractivity contribution in [3.8, 4) is 0 Å². The zero-order chi connectivity index (χ0) is 10.4. The summed E-state index contributed by atoms with van der Waals surface area (Å²) in [5.74, 6) is -0.445. The van der Waals surface area contributed by atoms with E-state index < -0.39 is 6.04 Å². The molecule has 0 N–H and O–H groups in total. The van der Waals surface area contributed by atoms with Gasteiger partial charge >= 0.3 is 5.97 Å². The fourth-order valence-corrected chi connectivity index (χ4v) is 1.31. The molecule has 0 aromatic heterocycles. The second-order valence-corrected chi connectivity index (χ2v) is 2.75. The Morgan fingerprint density at radius 3 is 2.15 bits per heavy atom. The molecule has 0 aromatic rings. The lowest BCUT2D eigenvalue weighted by molar-refractivity contribution is -0.152. The number of amides is 1. The second kappa shape index (κ2) is 5.56. The molecule has 0 radical (unpaired) electrons. The van der Waals surface area contributed by atoms with E-state index in [4.69, 9.17) is 0 Å². The molecular weight excluding hydrogens is 170 g/mol. The number of hydrogen-bond donors (Lipinski definition) is 0. The molecule has 0 saturated heterocycles. The van der Waals surface area contributed by atoms with Crippen molar-refractivity contribution in [1.29, 1.82) is 0 Å². The van der Waals surface area contributed by atoms with E-state index in [0.717, 1.165) is 0 Å². The summed E-state index contributed by atoms with van der Waals surface area (Å²) in [6, 6.07) is -0.438. The molecule has 4 nitrogen and oxygen atoms in total. The Labute approximate surface area is 78.9 Å². The number of ether oxygens (including phenoxy) is 1. The standard InChI is InChI=1S/C9H17NO3/c1-5-8(9(12)13-4)10(6-2)7(3)11/h8H,5-6H2,1-4H3. The number of nitrogens with zero attached hydrogens (tertiary/aromatic N) is 1. The Balaban J connectivity index is 4.52. The number of methoxy groups -OCH3 is 1. The highest BCUT2D eigenvalue weighted by Crippen LogP contribution is 2.06. The first-order chi connectivity index (χ1) is 6.08. The van der Waals surface area contributed by atoms with E-state index in [2.05, 4.69) is 4.74 Å². The lowest BCUT2D eigenvalue weighted by Crippen LogP contribution is -2.44. The van der Waals surface area contributed by atoms with Crippen LogP contribution in [0.15, 0.2) is 0 Å². The molecule has 0 aliphatic heterocycles. The number of carbonyl (C=O) groups excluding carboxylic acids is 2. The van der Waals surface area contributed by atoms with E-state index in [1.165, 1.54) is 18.9 Å². The van der Waals surface area contributed by atoms with Gasteiger partial charge in [0.05, 0.1) is 7.11 Å². The van der Waals surface area contributed by atoms with Gasteiger partial charge in [0.25, 0.3) is 0 Å². The van der Waals surface area contributed by atoms with E-state index in [9.17, 15) is 9.59 Å². The van der Waals surface area contributed by atoms with E-state index in [-0.39, 0.29) is 11.9 Å². The maximum atomic E-state index is 11.2. The van der Waals surface area contributed by atoms with Crippen molar-refractivity contribution in [3.05, 3.63) is 0 Å². The van der Waals surface area contributed by atoms with Crippen LogP contribution in [0, 0.1) is 0 Å². The van der Waals surface area contributed by atoms with Gasteiger partial charge in [-0.1, -0.05) is 6.92 Å². The second-order valence-electron chi connectivity index (χ2n) is 2.75. The normalized spacial score (nSPS) is 12.0. The predicted octanol–water partition coefficient (Wildman–Crippen LogP) is 0.806. The Hall–Kier alpha value is -1.06. The largest absolute Gasteiger partial charge is 0.467 e. The van der Waals surface area contributed by atoms with E-state index in [0.29, 0.717) is 13.0 Å². The Morgan fingerprint density at radius 1 is 1.38 bits per heavy atom. The first-order valence-corrected chi connectivity index (χ1v) is 4.43. The molecule has 0 aliphatic rings. The molecule has 0 saturated carbocycles.